The van der Waals surface area contributed by atoms with Crippen LogP contribution in [0.5, 0.6) is 0 Å². The fourth-order valence-corrected chi connectivity index (χ4v) is 3.23. The van der Waals surface area contributed by atoms with Gasteiger partial charge in [-0.1, -0.05) is 76.9 Å². The second-order valence-corrected chi connectivity index (χ2v) is 7.83. The first-order valence-corrected chi connectivity index (χ1v) is 11.5. The number of rotatable bonds is 17. The van der Waals surface area contributed by atoms with Gasteiger partial charge in [-0.2, -0.15) is 0 Å². The maximum atomic E-state index is 11.9. The van der Waals surface area contributed by atoms with Crippen molar-refractivity contribution in [2.75, 3.05) is 6.61 Å². The van der Waals surface area contributed by atoms with Gasteiger partial charge in [-0.25, -0.2) is 9.36 Å². The Morgan fingerprint density at radius 3 is 1.86 bits per heavy atom. The third-order valence-electron chi connectivity index (χ3n) is 5.10. The first kappa shape index (κ1) is 27.6. The van der Waals surface area contributed by atoms with Crippen LogP contribution >= 0.6 is 0 Å². The van der Waals surface area contributed by atoms with Crippen LogP contribution in [0.15, 0.2) is 36.7 Å². The second-order valence-electron chi connectivity index (χ2n) is 7.83. The molecule has 0 saturated heterocycles. The number of hydrogen-bond donors (Lipinski definition) is 0. The molecule has 3 nitrogen and oxygen atoms in total. The van der Waals surface area contributed by atoms with Crippen LogP contribution < -0.4 is 17.0 Å². The summed E-state index contributed by atoms with van der Waals surface area (Å²) in [5.41, 5.74) is 0.627. The molecule has 0 aliphatic carbocycles. The molecule has 0 bridgehead atoms. The molecule has 0 aliphatic rings. The van der Waals surface area contributed by atoms with Crippen LogP contribution in [0.2, 0.25) is 0 Å². The first-order chi connectivity index (χ1) is 13.7. The highest BCUT2D eigenvalue weighted by molar-refractivity contribution is 5.88. The Kier molecular flexibility index (Phi) is 19.0. The van der Waals surface area contributed by atoms with Gasteiger partial charge in [-0.05, 0) is 32.1 Å². The number of pyridine rings is 1. The number of unbranched alkanes of at least 4 members (excludes halogenated alkanes) is 12. The van der Waals surface area contributed by atoms with Gasteiger partial charge in [0.15, 0.2) is 12.4 Å². The molecule has 1 aromatic heterocycles. The van der Waals surface area contributed by atoms with Crippen molar-refractivity contribution in [2.45, 2.75) is 96.8 Å². The number of nitrogens with zero attached hydrogens (tertiary/aromatic N) is 1. The van der Waals surface area contributed by atoms with Crippen LogP contribution in [0.4, 0.5) is 0 Å². The Bertz CT molecular complexity index is 528. The molecule has 0 spiro atoms. The molecule has 0 radical (unpaired) electrons. The van der Waals surface area contributed by atoms with Gasteiger partial charge in [-0.15, -0.1) is 0 Å². The van der Waals surface area contributed by atoms with Crippen molar-refractivity contribution in [3.63, 3.8) is 0 Å². The molecule has 0 fully saturated rings. The van der Waals surface area contributed by atoms with Crippen LogP contribution in [0.25, 0.3) is 0 Å². The van der Waals surface area contributed by atoms with Gasteiger partial charge in [-0.3, -0.25) is 0 Å². The quantitative estimate of drug-likeness (QED) is 0.165. The number of esters is 1. The Morgan fingerprint density at radius 2 is 1.31 bits per heavy atom. The fraction of sp³-hybridized carbons (Fsp3) is 0.680. The number of aryl methyl sites for hydroxylation is 1. The lowest BCUT2D eigenvalue weighted by atomic mass is 10.1. The van der Waals surface area contributed by atoms with Crippen molar-refractivity contribution in [3.8, 4) is 0 Å². The molecule has 29 heavy (non-hydrogen) atoms. The standard InChI is InChI=1S/C25H42NO2.ClH/c1-3-4-5-6-7-8-9-10-11-12-13-14-15-16-17-18-23-28-25(27)24-19-21-26(2)22-20-24;/h10-11,19-22H,3-9,12-18,23H2,1-2H3;1H/q+1;/p-1/b11-10+;. The molecular weight excluding hydrogens is 382 g/mol. The maximum absolute atomic E-state index is 11.9. The van der Waals surface area contributed by atoms with Crippen LogP contribution in [0, 0.1) is 0 Å². The predicted molar refractivity (Wildman–Crippen MR) is 117 cm³/mol. The second kappa shape index (κ2) is 19.9. The Morgan fingerprint density at radius 1 is 0.828 bits per heavy atom. The summed E-state index contributed by atoms with van der Waals surface area (Å²) in [5, 5.41) is 0. The molecule has 0 atom stereocenters. The van der Waals surface area contributed by atoms with Crippen molar-refractivity contribution in [1.29, 1.82) is 0 Å². The van der Waals surface area contributed by atoms with Crippen LogP contribution in [-0.4, -0.2) is 12.6 Å². The van der Waals surface area contributed by atoms with Gasteiger partial charge in [0.2, 0.25) is 0 Å². The molecule has 1 rings (SSSR count). The smallest absolute Gasteiger partial charge is 0.338 e. The average Bonchev–Trinajstić information content (AvgIpc) is 2.70. The van der Waals surface area contributed by atoms with E-state index in [0.29, 0.717) is 12.2 Å². The van der Waals surface area contributed by atoms with E-state index in [4.69, 9.17) is 4.74 Å². The summed E-state index contributed by atoms with van der Waals surface area (Å²) in [6.07, 6.45) is 26.5. The van der Waals surface area contributed by atoms with E-state index in [1.54, 1.807) is 12.1 Å². The highest BCUT2D eigenvalue weighted by atomic mass is 35.5. The molecule has 4 heteroatoms. The van der Waals surface area contributed by atoms with E-state index in [0.717, 1.165) is 12.8 Å². The molecule has 166 valence electrons. The minimum Gasteiger partial charge on any atom is -1.00 e. The minimum atomic E-state index is -0.214. The Balaban J connectivity index is 0.00000784. The predicted octanol–water partition coefficient (Wildman–Crippen LogP) is 3.71. The van der Waals surface area contributed by atoms with Crippen molar-refractivity contribution in [2.24, 2.45) is 7.05 Å². The Labute approximate surface area is 185 Å². The number of halogens is 1. The van der Waals surface area contributed by atoms with E-state index in [-0.39, 0.29) is 18.4 Å². The maximum Gasteiger partial charge on any atom is 0.338 e. The lowest BCUT2D eigenvalue weighted by Crippen LogP contribution is -3.00. The minimum absolute atomic E-state index is 0. The molecule has 0 unspecified atom stereocenters. The summed E-state index contributed by atoms with van der Waals surface area (Å²) in [6.45, 7) is 2.80. The third-order valence-corrected chi connectivity index (χ3v) is 5.10. The van der Waals surface area contributed by atoms with Gasteiger partial charge in [0.25, 0.3) is 0 Å². The highest BCUT2D eigenvalue weighted by Gasteiger charge is 2.07. The number of carbonyl (C=O) groups is 1. The van der Waals surface area contributed by atoms with Gasteiger partial charge in [0.1, 0.15) is 7.05 Å². The van der Waals surface area contributed by atoms with Crippen LogP contribution in [-0.2, 0) is 11.8 Å². The number of ether oxygens (including phenoxy) is 1. The van der Waals surface area contributed by atoms with Crippen LogP contribution in [0.3, 0.4) is 0 Å². The van der Waals surface area contributed by atoms with E-state index in [1.807, 2.05) is 24.0 Å². The van der Waals surface area contributed by atoms with Crippen molar-refractivity contribution in [3.05, 3.63) is 42.2 Å². The third kappa shape index (κ3) is 16.2. The molecule has 0 aliphatic heterocycles. The zero-order chi connectivity index (χ0) is 20.3. The zero-order valence-corrected chi connectivity index (χ0v) is 19.5. The van der Waals surface area contributed by atoms with E-state index in [1.165, 1.54) is 77.0 Å². The van der Waals surface area contributed by atoms with E-state index in [2.05, 4.69) is 19.1 Å². The first-order valence-electron chi connectivity index (χ1n) is 11.5. The largest absolute Gasteiger partial charge is 1.00 e. The summed E-state index contributed by atoms with van der Waals surface area (Å²) in [7, 11) is 1.93. The fourth-order valence-electron chi connectivity index (χ4n) is 3.23. The van der Waals surface area contributed by atoms with Crippen molar-refractivity contribution >= 4 is 5.97 Å². The molecule has 0 amide bonds. The molecule has 1 heterocycles. The normalized spacial score (nSPS) is 10.8. The number of carbonyl (C=O) groups excluding carboxylic acids is 1. The molecule has 0 N–H and O–H groups in total. The van der Waals surface area contributed by atoms with Gasteiger partial charge in [0, 0.05) is 12.1 Å². The summed E-state index contributed by atoms with van der Waals surface area (Å²) in [6, 6.07) is 3.59. The molecular formula is C25H42ClNO2. The summed E-state index contributed by atoms with van der Waals surface area (Å²) >= 11 is 0. The molecule has 0 aromatic carbocycles. The van der Waals surface area contributed by atoms with E-state index < -0.39 is 0 Å². The van der Waals surface area contributed by atoms with Crippen molar-refractivity contribution < 1.29 is 26.5 Å². The van der Waals surface area contributed by atoms with E-state index in [9.17, 15) is 4.79 Å². The summed E-state index contributed by atoms with van der Waals surface area (Å²) < 4.78 is 7.23. The van der Waals surface area contributed by atoms with Gasteiger partial charge >= 0.3 is 5.97 Å². The average molecular weight is 424 g/mol. The van der Waals surface area contributed by atoms with Crippen LogP contribution in [0.1, 0.15) is 107 Å². The topological polar surface area (TPSA) is 30.2 Å². The number of allylic oxidation sites excluding steroid dienone is 2. The lowest BCUT2D eigenvalue weighted by molar-refractivity contribution is -0.671. The molecule has 0 saturated carbocycles. The van der Waals surface area contributed by atoms with Gasteiger partial charge < -0.3 is 17.1 Å². The summed E-state index contributed by atoms with van der Waals surface area (Å²) in [4.78, 5) is 11.9. The van der Waals surface area contributed by atoms with Gasteiger partial charge in [0.05, 0.1) is 12.2 Å². The summed E-state index contributed by atoms with van der Waals surface area (Å²) in [5.74, 6) is -0.214. The monoisotopic (exact) mass is 423 g/mol. The zero-order valence-electron chi connectivity index (χ0n) is 18.7. The lowest BCUT2D eigenvalue weighted by Gasteiger charge is -2.04. The van der Waals surface area contributed by atoms with Crippen molar-refractivity contribution in [1.82, 2.24) is 0 Å². The Hall–Kier alpha value is -1.35. The number of hydrogen-bond acceptors (Lipinski definition) is 2. The SMILES string of the molecule is CCCCCCCC/C=C/CCCCCCCCOC(=O)c1cc[n+](C)cc1.[Cl-]. The highest BCUT2D eigenvalue weighted by Crippen LogP contribution is 2.10. The van der Waals surface area contributed by atoms with E-state index >= 15 is 0 Å². The molecule has 1 aromatic rings. The number of aromatic nitrogens is 1.